The highest BCUT2D eigenvalue weighted by Crippen LogP contribution is 2.40. The number of rotatable bonds is 4. The molecule has 0 unspecified atom stereocenters. The lowest BCUT2D eigenvalue weighted by molar-refractivity contribution is 0.620. The molecule has 0 fully saturated rings. The monoisotopic (exact) mass is 616 g/mol. The Hall–Kier alpha value is -6.66. The first kappa shape index (κ1) is 26.5. The van der Waals surface area contributed by atoms with Gasteiger partial charge in [-0.3, -0.25) is 0 Å². The summed E-state index contributed by atoms with van der Waals surface area (Å²) < 4.78 is 12.7. The van der Waals surface area contributed by atoms with Crippen LogP contribution in [0, 0.1) is 0 Å². The van der Waals surface area contributed by atoms with Gasteiger partial charge in [-0.05, 0) is 51.9 Å². The van der Waals surface area contributed by atoms with Crippen LogP contribution >= 0.6 is 0 Å². The summed E-state index contributed by atoms with van der Waals surface area (Å²) in [6.45, 7) is 0. The zero-order valence-corrected chi connectivity index (χ0v) is 25.5. The van der Waals surface area contributed by atoms with E-state index in [0.29, 0.717) is 28.9 Å². The van der Waals surface area contributed by atoms with Gasteiger partial charge < -0.3 is 8.83 Å². The molecule has 10 aromatic rings. The van der Waals surface area contributed by atoms with Crippen LogP contribution in [0.25, 0.3) is 100 Å². The van der Waals surface area contributed by atoms with Crippen molar-refractivity contribution in [2.24, 2.45) is 0 Å². The summed E-state index contributed by atoms with van der Waals surface area (Å²) in [6, 6.07) is 49.0. The van der Waals surface area contributed by atoms with Gasteiger partial charge >= 0.3 is 0 Å². The smallest absolute Gasteiger partial charge is 0.227 e. The largest absolute Gasteiger partial charge is 0.456 e. The average Bonchev–Trinajstić information content (AvgIpc) is 3.74. The zero-order valence-electron chi connectivity index (χ0n) is 25.5. The fourth-order valence-corrected chi connectivity index (χ4v) is 6.71. The lowest BCUT2D eigenvalue weighted by Gasteiger charge is -2.12. The summed E-state index contributed by atoms with van der Waals surface area (Å²) in [5.41, 5.74) is 6.50. The molecule has 3 heterocycles. The van der Waals surface area contributed by atoms with Crippen LogP contribution in [0.15, 0.2) is 154 Å². The lowest BCUT2D eigenvalue weighted by Crippen LogP contribution is -2.01. The molecule has 0 aliphatic rings. The van der Waals surface area contributed by atoms with Crippen LogP contribution in [0.3, 0.4) is 0 Å². The van der Waals surface area contributed by atoms with E-state index >= 15 is 0 Å². The van der Waals surface area contributed by atoms with Crippen molar-refractivity contribution in [3.8, 4) is 45.6 Å². The predicted molar refractivity (Wildman–Crippen MR) is 191 cm³/mol. The Morgan fingerprint density at radius 3 is 1.85 bits per heavy atom. The van der Waals surface area contributed by atoms with Crippen LogP contribution in [-0.2, 0) is 0 Å². The number of fused-ring (bicyclic) bond motifs is 7. The average molecular weight is 617 g/mol. The van der Waals surface area contributed by atoms with E-state index in [9.17, 15) is 0 Å². The van der Waals surface area contributed by atoms with Crippen LogP contribution in [0.5, 0.6) is 0 Å². The van der Waals surface area contributed by atoms with E-state index in [2.05, 4.69) is 54.6 Å². The number of nitrogens with zero attached hydrogens (tertiary/aromatic N) is 4. The molecule has 7 aromatic carbocycles. The van der Waals surface area contributed by atoms with Crippen molar-refractivity contribution in [3.63, 3.8) is 0 Å². The van der Waals surface area contributed by atoms with Crippen molar-refractivity contribution in [1.29, 1.82) is 0 Å². The minimum absolute atomic E-state index is 0.562. The van der Waals surface area contributed by atoms with Crippen LogP contribution in [0.1, 0.15) is 0 Å². The van der Waals surface area contributed by atoms with Crippen molar-refractivity contribution >= 4 is 54.6 Å². The fraction of sp³-hybridized carbons (Fsp3) is 0. The van der Waals surface area contributed by atoms with E-state index < -0.39 is 0 Å². The quantitative estimate of drug-likeness (QED) is 0.183. The van der Waals surface area contributed by atoms with E-state index in [0.717, 1.165) is 65.9 Å². The summed E-state index contributed by atoms with van der Waals surface area (Å²) in [6.07, 6.45) is 0. The number of oxazole rings is 1. The molecule has 6 heteroatoms. The Morgan fingerprint density at radius 1 is 0.375 bits per heavy atom. The molecule has 224 valence electrons. The van der Waals surface area contributed by atoms with Gasteiger partial charge in [-0.15, -0.1) is 0 Å². The minimum Gasteiger partial charge on any atom is -0.456 e. The molecule has 0 atom stereocenters. The highest BCUT2D eigenvalue weighted by Gasteiger charge is 2.21. The molecular formula is C42H24N4O2. The van der Waals surface area contributed by atoms with E-state index in [4.69, 9.17) is 28.8 Å². The molecule has 0 aliphatic heterocycles. The van der Waals surface area contributed by atoms with Gasteiger partial charge in [0.1, 0.15) is 16.7 Å². The van der Waals surface area contributed by atoms with E-state index in [1.54, 1.807) is 0 Å². The third kappa shape index (κ3) is 4.20. The van der Waals surface area contributed by atoms with Gasteiger partial charge in [0, 0.05) is 39.1 Å². The molecule has 10 rings (SSSR count). The summed E-state index contributed by atoms with van der Waals surface area (Å²) in [7, 11) is 0. The van der Waals surface area contributed by atoms with Crippen molar-refractivity contribution in [1.82, 2.24) is 19.9 Å². The summed E-state index contributed by atoms with van der Waals surface area (Å²) >= 11 is 0. The van der Waals surface area contributed by atoms with Crippen LogP contribution in [0.2, 0.25) is 0 Å². The first-order chi connectivity index (χ1) is 23.8. The van der Waals surface area contributed by atoms with Crippen LogP contribution in [0.4, 0.5) is 0 Å². The SMILES string of the molecule is c1ccc(-c2nc(-c3cc4ccccc4c4ccccc34)nc(-c3cccc4oc5cc6nc(-c7ccccc7)oc6cc5c34)n2)cc1. The first-order valence-corrected chi connectivity index (χ1v) is 15.8. The fourth-order valence-electron chi connectivity index (χ4n) is 6.71. The van der Waals surface area contributed by atoms with E-state index in [-0.39, 0.29) is 0 Å². The molecule has 0 N–H and O–H groups in total. The normalized spacial score (nSPS) is 11.8. The zero-order chi connectivity index (χ0) is 31.6. The number of benzene rings is 7. The molecule has 0 spiro atoms. The summed E-state index contributed by atoms with van der Waals surface area (Å²) in [5.74, 6) is 2.34. The van der Waals surface area contributed by atoms with Gasteiger partial charge in [0.2, 0.25) is 5.89 Å². The second kappa shape index (κ2) is 10.4. The number of hydrogen-bond acceptors (Lipinski definition) is 6. The molecular weight excluding hydrogens is 592 g/mol. The molecule has 0 bridgehead atoms. The molecule has 3 aromatic heterocycles. The van der Waals surface area contributed by atoms with Gasteiger partial charge in [-0.2, -0.15) is 0 Å². The summed E-state index contributed by atoms with van der Waals surface area (Å²) in [4.78, 5) is 20.1. The van der Waals surface area contributed by atoms with E-state index in [1.165, 1.54) is 5.39 Å². The highest BCUT2D eigenvalue weighted by atomic mass is 16.4. The van der Waals surface area contributed by atoms with Crippen molar-refractivity contribution in [3.05, 3.63) is 146 Å². The third-order valence-electron chi connectivity index (χ3n) is 8.94. The second-order valence-electron chi connectivity index (χ2n) is 11.8. The first-order valence-electron chi connectivity index (χ1n) is 15.8. The van der Waals surface area contributed by atoms with Crippen molar-refractivity contribution < 1.29 is 8.83 Å². The Balaban J connectivity index is 1.23. The Kier molecular flexibility index (Phi) is 5.77. The maximum Gasteiger partial charge on any atom is 0.227 e. The topological polar surface area (TPSA) is 77.8 Å². The van der Waals surface area contributed by atoms with Gasteiger partial charge in [-0.25, -0.2) is 19.9 Å². The highest BCUT2D eigenvalue weighted by molar-refractivity contribution is 6.15. The number of furan rings is 1. The minimum atomic E-state index is 0.562. The van der Waals surface area contributed by atoms with Gasteiger partial charge in [0.25, 0.3) is 0 Å². The maximum atomic E-state index is 6.42. The van der Waals surface area contributed by atoms with Gasteiger partial charge in [0.15, 0.2) is 23.1 Å². The van der Waals surface area contributed by atoms with Gasteiger partial charge in [0.05, 0.1) is 0 Å². The predicted octanol–water partition coefficient (Wildman–Crippen LogP) is 10.9. The molecule has 6 nitrogen and oxygen atoms in total. The number of aromatic nitrogens is 4. The Morgan fingerprint density at radius 2 is 1.04 bits per heavy atom. The Labute approximate surface area is 274 Å². The molecule has 0 radical (unpaired) electrons. The van der Waals surface area contributed by atoms with Crippen molar-refractivity contribution in [2.75, 3.05) is 0 Å². The van der Waals surface area contributed by atoms with Crippen molar-refractivity contribution in [2.45, 2.75) is 0 Å². The van der Waals surface area contributed by atoms with Crippen LogP contribution in [-0.4, -0.2) is 19.9 Å². The maximum absolute atomic E-state index is 6.42. The second-order valence-corrected chi connectivity index (χ2v) is 11.8. The molecule has 0 saturated heterocycles. The van der Waals surface area contributed by atoms with Gasteiger partial charge in [-0.1, -0.05) is 109 Å². The molecule has 0 amide bonds. The van der Waals surface area contributed by atoms with E-state index in [1.807, 2.05) is 91.0 Å². The van der Waals surface area contributed by atoms with Crippen LogP contribution < -0.4 is 0 Å². The molecule has 0 aliphatic carbocycles. The third-order valence-corrected chi connectivity index (χ3v) is 8.94. The number of hydrogen-bond donors (Lipinski definition) is 0. The molecule has 48 heavy (non-hydrogen) atoms. The standard InChI is InChI=1S/C42H24N4O2/c1-3-12-25(13-4-1)39-44-40(46-41(45-39)32-22-27-16-7-8-17-28(27)29-18-9-10-19-30(29)32)31-20-11-21-35-38(31)33-23-37-34(24-36(33)47-35)43-42(48-37)26-14-5-2-6-15-26/h1-24H. The lowest BCUT2D eigenvalue weighted by atomic mass is 9.96. The molecule has 0 saturated carbocycles. The Bertz CT molecular complexity index is 2840. The summed E-state index contributed by atoms with van der Waals surface area (Å²) in [5, 5.41) is 6.38.